The van der Waals surface area contributed by atoms with Gasteiger partial charge >= 0.3 is 13.6 Å². The average molecular weight is 342 g/mol. The van der Waals surface area contributed by atoms with Gasteiger partial charge in [-0.1, -0.05) is 6.07 Å². The zero-order chi connectivity index (χ0) is 17.3. The number of hydrogen-bond acceptors (Lipinski definition) is 7. The number of aryl methyl sites for hydroxylation is 1. The molecule has 0 bridgehead atoms. The molecule has 128 valence electrons. The fraction of sp³-hybridized carbons (Fsp3) is 0.467. The Bertz CT molecular complexity index is 576. The van der Waals surface area contributed by atoms with Crippen LogP contribution in [-0.2, 0) is 23.1 Å². The third kappa shape index (κ3) is 5.78. The molecule has 1 heterocycles. The number of hydrogen-bond donors (Lipinski definition) is 1. The summed E-state index contributed by atoms with van der Waals surface area (Å²) < 4.78 is 28.2. The molecule has 0 amide bonds. The van der Waals surface area contributed by atoms with Crippen molar-refractivity contribution in [2.24, 2.45) is 0 Å². The summed E-state index contributed by atoms with van der Waals surface area (Å²) in [6, 6.07) is 3.60. The molecule has 1 aromatic heterocycles. The molecular formula is C15H23N2O5P. The molecule has 0 aliphatic heterocycles. The molecule has 7 nitrogen and oxygen atoms in total. The van der Waals surface area contributed by atoms with Gasteiger partial charge in [0.1, 0.15) is 5.82 Å². The molecule has 0 saturated carbocycles. The van der Waals surface area contributed by atoms with Crippen molar-refractivity contribution in [2.45, 2.75) is 27.7 Å². The minimum atomic E-state index is -3.77. The first-order valence-electron chi connectivity index (χ1n) is 7.43. The highest BCUT2D eigenvalue weighted by molar-refractivity contribution is 7.59. The Morgan fingerprint density at radius 2 is 1.87 bits per heavy atom. The second-order valence-electron chi connectivity index (χ2n) is 4.45. The molecule has 0 fully saturated rings. The summed E-state index contributed by atoms with van der Waals surface area (Å²) in [4.78, 5) is 16.3. The summed E-state index contributed by atoms with van der Waals surface area (Å²) in [5, 5.41) is 2.64. The maximum absolute atomic E-state index is 12.8. The number of ether oxygens (including phenoxy) is 1. The number of nitrogens with one attached hydrogen (secondary N) is 1. The van der Waals surface area contributed by atoms with Crippen molar-refractivity contribution >= 4 is 19.4 Å². The van der Waals surface area contributed by atoms with Crippen LogP contribution in [-0.4, -0.2) is 30.8 Å². The Balaban J connectivity index is 3.11. The van der Waals surface area contributed by atoms with Crippen molar-refractivity contribution in [3.8, 4) is 0 Å². The Morgan fingerprint density at radius 3 is 2.35 bits per heavy atom. The summed E-state index contributed by atoms with van der Waals surface area (Å²) in [5.41, 5.74) is 0.999. The van der Waals surface area contributed by atoms with E-state index in [1.807, 2.05) is 13.0 Å². The summed E-state index contributed by atoms with van der Waals surface area (Å²) in [7, 11) is -3.77. The second-order valence-corrected chi connectivity index (χ2v) is 6.44. The molecule has 0 aliphatic carbocycles. The van der Waals surface area contributed by atoms with Gasteiger partial charge in [0.05, 0.1) is 19.8 Å². The van der Waals surface area contributed by atoms with Gasteiger partial charge in [-0.05, 0) is 39.3 Å². The summed E-state index contributed by atoms with van der Waals surface area (Å²) in [6.07, 6.45) is 2.94. The van der Waals surface area contributed by atoms with Gasteiger partial charge in [-0.25, -0.2) is 9.78 Å². The molecule has 1 N–H and O–H groups in total. The molecule has 8 heteroatoms. The van der Waals surface area contributed by atoms with Gasteiger partial charge in [0, 0.05) is 12.4 Å². The van der Waals surface area contributed by atoms with E-state index in [4.69, 9.17) is 13.8 Å². The number of esters is 1. The minimum Gasteiger partial charge on any atom is -0.462 e. The van der Waals surface area contributed by atoms with Crippen molar-refractivity contribution < 1.29 is 23.1 Å². The summed E-state index contributed by atoms with van der Waals surface area (Å²) in [5.74, 6) is -0.255. The van der Waals surface area contributed by atoms with Crippen LogP contribution >= 0.6 is 7.60 Å². The molecular weight excluding hydrogens is 319 g/mol. The van der Waals surface area contributed by atoms with E-state index in [0.717, 1.165) is 5.56 Å². The SMILES string of the molecule is CCOC(=O)/C(=C/Nc1ccc(C)cn1)P(=O)(OCC)OCC. The Morgan fingerprint density at radius 1 is 1.22 bits per heavy atom. The molecule has 0 unspecified atom stereocenters. The first-order valence-corrected chi connectivity index (χ1v) is 8.97. The molecule has 0 saturated heterocycles. The number of pyridine rings is 1. The molecule has 0 atom stereocenters. The lowest BCUT2D eigenvalue weighted by Gasteiger charge is -2.19. The third-order valence-electron chi connectivity index (χ3n) is 2.65. The fourth-order valence-electron chi connectivity index (χ4n) is 1.67. The second kappa shape index (κ2) is 9.45. The van der Waals surface area contributed by atoms with Gasteiger partial charge < -0.3 is 19.1 Å². The van der Waals surface area contributed by atoms with Crippen molar-refractivity contribution in [3.63, 3.8) is 0 Å². The first kappa shape index (κ1) is 19.4. The Labute approximate surface area is 136 Å². The van der Waals surface area contributed by atoms with Gasteiger partial charge in [-0.2, -0.15) is 0 Å². The lowest BCUT2D eigenvalue weighted by Crippen LogP contribution is -2.13. The van der Waals surface area contributed by atoms with Gasteiger partial charge in [0.15, 0.2) is 5.31 Å². The van der Waals surface area contributed by atoms with Crippen LogP contribution in [0, 0.1) is 6.92 Å². The van der Waals surface area contributed by atoms with E-state index in [-0.39, 0.29) is 25.1 Å². The van der Waals surface area contributed by atoms with Crippen LogP contribution in [0.4, 0.5) is 5.82 Å². The fourth-order valence-corrected chi connectivity index (χ4v) is 3.21. The number of carbonyl (C=O) groups excluding carboxylic acids is 1. The maximum Gasteiger partial charge on any atom is 0.370 e. The molecule has 1 rings (SSSR count). The van der Waals surface area contributed by atoms with E-state index in [0.29, 0.717) is 5.82 Å². The predicted octanol–water partition coefficient (Wildman–Crippen LogP) is 3.47. The molecule has 0 aliphatic rings. The number of nitrogens with zero attached hydrogens (tertiary/aromatic N) is 1. The number of rotatable bonds is 9. The van der Waals surface area contributed by atoms with Gasteiger partial charge in [-0.3, -0.25) is 4.57 Å². The lowest BCUT2D eigenvalue weighted by atomic mass is 10.3. The van der Waals surface area contributed by atoms with E-state index in [1.54, 1.807) is 33.0 Å². The zero-order valence-corrected chi connectivity index (χ0v) is 14.8. The molecule has 0 aromatic carbocycles. The van der Waals surface area contributed by atoms with E-state index < -0.39 is 13.6 Å². The smallest absolute Gasteiger partial charge is 0.370 e. The monoisotopic (exact) mass is 342 g/mol. The van der Waals surface area contributed by atoms with Crippen LogP contribution in [0.2, 0.25) is 0 Å². The molecule has 0 spiro atoms. The van der Waals surface area contributed by atoms with E-state index in [1.165, 1.54) is 6.20 Å². The third-order valence-corrected chi connectivity index (χ3v) is 4.74. The highest BCUT2D eigenvalue weighted by Gasteiger charge is 2.36. The molecule has 23 heavy (non-hydrogen) atoms. The number of anilines is 1. The van der Waals surface area contributed by atoms with Crippen LogP contribution in [0.25, 0.3) is 0 Å². The quantitative estimate of drug-likeness (QED) is 0.418. The largest absolute Gasteiger partial charge is 0.462 e. The number of carbonyl (C=O) groups is 1. The highest BCUT2D eigenvalue weighted by atomic mass is 31.2. The van der Waals surface area contributed by atoms with Gasteiger partial charge in [0.2, 0.25) is 0 Å². The van der Waals surface area contributed by atoms with Crippen LogP contribution in [0.1, 0.15) is 26.3 Å². The summed E-state index contributed by atoms with van der Waals surface area (Å²) >= 11 is 0. The zero-order valence-electron chi connectivity index (χ0n) is 13.9. The highest BCUT2D eigenvalue weighted by Crippen LogP contribution is 2.56. The summed E-state index contributed by atoms with van der Waals surface area (Å²) in [6.45, 7) is 7.34. The van der Waals surface area contributed by atoms with Crippen LogP contribution < -0.4 is 5.32 Å². The molecule has 1 aromatic rings. The normalized spacial score (nSPS) is 12.1. The van der Waals surface area contributed by atoms with E-state index in [2.05, 4.69) is 10.3 Å². The van der Waals surface area contributed by atoms with Crippen molar-refractivity contribution in [1.82, 2.24) is 4.98 Å². The van der Waals surface area contributed by atoms with Crippen molar-refractivity contribution in [1.29, 1.82) is 0 Å². The maximum atomic E-state index is 12.8. The lowest BCUT2D eigenvalue weighted by molar-refractivity contribution is -0.137. The average Bonchev–Trinajstić information content (AvgIpc) is 2.50. The van der Waals surface area contributed by atoms with E-state index in [9.17, 15) is 9.36 Å². The standard InChI is InChI=1S/C15H23N2O5P/c1-5-20-15(18)13(23(19,21-6-2)22-7-3)11-17-14-9-8-12(4)10-16-14/h8-11H,5-7H2,1-4H3,(H,16,17)/b13-11-. The van der Waals surface area contributed by atoms with Crippen molar-refractivity contribution in [2.75, 3.05) is 25.1 Å². The van der Waals surface area contributed by atoms with Gasteiger partial charge in [0.25, 0.3) is 0 Å². The number of aromatic nitrogens is 1. The topological polar surface area (TPSA) is 86.8 Å². The van der Waals surface area contributed by atoms with E-state index >= 15 is 0 Å². The van der Waals surface area contributed by atoms with Gasteiger partial charge in [-0.15, -0.1) is 0 Å². The first-order chi connectivity index (χ1) is 11.0. The van der Waals surface area contributed by atoms with Crippen molar-refractivity contribution in [3.05, 3.63) is 35.4 Å². The van der Waals surface area contributed by atoms with Crippen LogP contribution in [0.15, 0.2) is 29.8 Å². The Hall–Kier alpha value is -1.69. The molecule has 0 radical (unpaired) electrons. The van der Waals surface area contributed by atoms with Crippen LogP contribution in [0.5, 0.6) is 0 Å². The minimum absolute atomic E-state index is 0.136. The predicted molar refractivity (Wildman–Crippen MR) is 88.2 cm³/mol. The van der Waals surface area contributed by atoms with Crippen LogP contribution in [0.3, 0.4) is 0 Å². The Kier molecular flexibility index (Phi) is 7.95.